The summed E-state index contributed by atoms with van der Waals surface area (Å²) in [4.78, 5) is 14.7. The van der Waals surface area contributed by atoms with Crippen molar-refractivity contribution < 1.29 is 18.8 Å². The molecule has 2 aliphatic rings. The van der Waals surface area contributed by atoms with E-state index in [9.17, 15) is 4.79 Å². The van der Waals surface area contributed by atoms with Gasteiger partial charge >= 0.3 is 0 Å². The smallest absolute Gasteiger partial charge is 0.298 e. The Morgan fingerprint density at radius 3 is 2.51 bits per heavy atom. The molecule has 0 N–H and O–H groups in total. The Bertz CT molecular complexity index is 1460. The molecule has 2 aromatic carbocycles. The molecule has 2 saturated carbocycles. The van der Waals surface area contributed by atoms with Crippen LogP contribution in [0.1, 0.15) is 59.5 Å². The molecule has 0 bridgehead atoms. The lowest BCUT2D eigenvalue weighted by molar-refractivity contribution is -0.120. The summed E-state index contributed by atoms with van der Waals surface area (Å²) in [5.41, 5.74) is 4.19. The lowest BCUT2D eigenvalue weighted by Crippen LogP contribution is -2.00. The number of pyridine rings is 1. The molecule has 6 rings (SSSR count). The number of nitrogens with zero attached hydrogens (tertiary/aromatic N) is 2. The summed E-state index contributed by atoms with van der Waals surface area (Å²) in [6.45, 7) is 0.681. The zero-order valence-corrected chi connectivity index (χ0v) is 21.8. The molecule has 9 heteroatoms. The Balaban J connectivity index is 1.20. The molecule has 188 valence electrons. The molecule has 4 aromatic rings. The molecule has 2 atom stereocenters. The van der Waals surface area contributed by atoms with Crippen LogP contribution in [0.5, 0.6) is 11.5 Å². The van der Waals surface area contributed by atoms with Crippen molar-refractivity contribution in [2.45, 2.75) is 43.6 Å². The topological polar surface area (TPSA) is 74.5 Å². The van der Waals surface area contributed by atoms with Crippen molar-refractivity contribution >= 4 is 41.3 Å². The van der Waals surface area contributed by atoms with E-state index in [1.54, 1.807) is 6.07 Å². The van der Waals surface area contributed by atoms with E-state index in [4.69, 9.17) is 48.8 Å². The summed E-state index contributed by atoms with van der Waals surface area (Å²) in [6, 6.07) is 13.4. The molecular weight excluding hydrogens is 535 g/mol. The number of hydrogen-bond donors (Lipinski definition) is 0. The first-order chi connectivity index (χ1) is 18.0. The van der Waals surface area contributed by atoms with Crippen LogP contribution < -0.4 is 9.47 Å². The maximum Gasteiger partial charge on any atom is 0.298 e. The average molecular weight is 556 g/mol. The maximum absolute atomic E-state index is 10.7. The number of carbonyl (C=O) groups excluding carboxylic acids is 1. The van der Waals surface area contributed by atoms with E-state index in [1.807, 2.05) is 36.4 Å². The van der Waals surface area contributed by atoms with Crippen molar-refractivity contribution in [1.29, 1.82) is 0 Å². The standard InChI is InChI=1S/C28H21Cl3N2O4/c29-23-9-18(6-7-19(23)21-10-20(21)16-2-1-3-17(8-16)36-14-34)35-13-22-27(33-37-28(22)15-4-5-15)26-24(30)11-32-12-25(26)31/h1-3,6-9,11-12,14-15,20-21H,4-5,10,13H2. The van der Waals surface area contributed by atoms with Gasteiger partial charge in [-0.1, -0.05) is 58.2 Å². The second-order valence-corrected chi connectivity index (χ2v) is 10.6. The predicted octanol–water partition coefficient (Wildman–Crippen LogP) is 7.96. The Labute approximate surface area is 228 Å². The van der Waals surface area contributed by atoms with Gasteiger partial charge in [-0.25, -0.2) is 0 Å². The molecule has 2 aromatic heterocycles. The molecule has 2 unspecified atom stereocenters. The Morgan fingerprint density at radius 2 is 1.78 bits per heavy atom. The number of benzene rings is 2. The Hall–Kier alpha value is -3.06. The molecule has 0 aliphatic heterocycles. The van der Waals surface area contributed by atoms with Gasteiger partial charge in [0, 0.05) is 28.9 Å². The number of rotatable bonds is 9. The van der Waals surface area contributed by atoms with Gasteiger partial charge in [-0.05, 0) is 66.5 Å². The van der Waals surface area contributed by atoms with Gasteiger partial charge in [-0.2, -0.15) is 0 Å². The largest absolute Gasteiger partial charge is 0.489 e. The third-order valence-electron chi connectivity index (χ3n) is 6.87. The van der Waals surface area contributed by atoms with Gasteiger partial charge in [0.2, 0.25) is 0 Å². The molecule has 37 heavy (non-hydrogen) atoms. The van der Waals surface area contributed by atoms with Crippen molar-refractivity contribution in [2.24, 2.45) is 0 Å². The highest BCUT2D eigenvalue weighted by molar-refractivity contribution is 6.38. The fraction of sp³-hybridized carbons (Fsp3) is 0.250. The lowest BCUT2D eigenvalue weighted by atomic mass is 10.0. The van der Waals surface area contributed by atoms with Gasteiger partial charge in [-0.15, -0.1) is 0 Å². The van der Waals surface area contributed by atoms with Gasteiger partial charge < -0.3 is 14.0 Å². The third-order valence-corrected chi connectivity index (χ3v) is 7.77. The molecule has 0 saturated heterocycles. The van der Waals surface area contributed by atoms with Gasteiger partial charge in [-0.3, -0.25) is 9.78 Å². The van der Waals surface area contributed by atoms with E-state index in [0.29, 0.717) is 62.1 Å². The van der Waals surface area contributed by atoms with Crippen LogP contribution in [0.15, 0.2) is 59.4 Å². The second-order valence-electron chi connectivity index (χ2n) is 9.33. The number of ether oxygens (including phenoxy) is 2. The van der Waals surface area contributed by atoms with Crippen molar-refractivity contribution in [3.8, 4) is 22.8 Å². The summed E-state index contributed by atoms with van der Waals surface area (Å²) in [5.74, 6) is 2.95. The molecule has 2 aliphatic carbocycles. The van der Waals surface area contributed by atoms with E-state index in [0.717, 1.165) is 41.7 Å². The molecule has 2 heterocycles. The van der Waals surface area contributed by atoms with Crippen molar-refractivity contribution in [3.63, 3.8) is 0 Å². The fourth-order valence-corrected chi connectivity index (χ4v) is 5.65. The fourth-order valence-electron chi connectivity index (χ4n) is 4.80. The van der Waals surface area contributed by atoms with E-state index in [-0.39, 0.29) is 6.61 Å². The minimum atomic E-state index is 0.241. The summed E-state index contributed by atoms with van der Waals surface area (Å²) >= 11 is 19.5. The monoisotopic (exact) mass is 554 g/mol. The summed E-state index contributed by atoms with van der Waals surface area (Å²) in [5, 5.41) is 5.75. The van der Waals surface area contributed by atoms with E-state index < -0.39 is 0 Å². The highest BCUT2D eigenvalue weighted by Gasteiger charge is 2.41. The summed E-state index contributed by atoms with van der Waals surface area (Å²) in [7, 11) is 0. The summed E-state index contributed by atoms with van der Waals surface area (Å²) in [6.07, 6.45) is 6.15. The third kappa shape index (κ3) is 4.93. The van der Waals surface area contributed by atoms with Crippen molar-refractivity contribution in [2.75, 3.05) is 0 Å². The van der Waals surface area contributed by atoms with Crippen molar-refractivity contribution in [3.05, 3.63) is 92.4 Å². The SMILES string of the molecule is O=COc1cccc(C2CC2c2ccc(OCc3c(-c4c(Cl)cncc4Cl)noc3C3CC3)cc2Cl)c1. The van der Waals surface area contributed by atoms with E-state index >= 15 is 0 Å². The number of hydrogen-bond acceptors (Lipinski definition) is 6. The summed E-state index contributed by atoms with van der Waals surface area (Å²) < 4.78 is 16.9. The van der Waals surface area contributed by atoms with E-state index in [1.165, 1.54) is 12.4 Å². The minimum Gasteiger partial charge on any atom is -0.489 e. The second kappa shape index (κ2) is 10.0. The van der Waals surface area contributed by atoms with Crippen LogP contribution in [0.3, 0.4) is 0 Å². The van der Waals surface area contributed by atoms with Crippen LogP contribution in [0, 0.1) is 0 Å². The maximum atomic E-state index is 10.7. The van der Waals surface area contributed by atoms with E-state index in [2.05, 4.69) is 10.1 Å². The highest BCUT2D eigenvalue weighted by Crippen LogP contribution is 2.56. The van der Waals surface area contributed by atoms with Gasteiger partial charge in [0.1, 0.15) is 29.6 Å². The first-order valence-corrected chi connectivity index (χ1v) is 13.1. The quantitative estimate of drug-likeness (QED) is 0.195. The van der Waals surface area contributed by atoms with Crippen LogP contribution in [-0.2, 0) is 11.4 Å². The molecule has 0 amide bonds. The molecule has 2 fully saturated rings. The highest BCUT2D eigenvalue weighted by atomic mass is 35.5. The first kappa shape index (κ1) is 24.3. The van der Waals surface area contributed by atoms with Gasteiger partial charge in [0.25, 0.3) is 6.47 Å². The predicted molar refractivity (Wildman–Crippen MR) is 141 cm³/mol. The molecule has 0 spiro atoms. The normalized spacial score (nSPS) is 18.5. The first-order valence-electron chi connectivity index (χ1n) is 11.9. The lowest BCUT2D eigenvalue weighted by Gasteiger charge is -2.11. The Kier molecular flexibility index (Phi) is 6.57. The number of aromatic nitrogens is 2. The zero-order chi connectivity index (χ0) is 25.5. The van der Waals surface area contributed by atoms with Crippen LogP contribution in [0.4, 0.5) is 0 Å². The Morgan fingerprint density at radius 1 is 0.973 bits per heavy atom. The number of carbonyl (C=O) groups is 1. The van der Waals surface area contributed by atoms with Crippen LogP contribution in [0.2, 0.25) is 15.1 Å². The minimum absolute atomic E-state index is 0.241. The van der Waals surface area contributed by atoms with Gasteiger partial charge in [0.05, 0.1) is 15.6 Å². The van der Waals surface area contributed by atoms with Gasteiger partial charge in [0.15, 0.2) is 0 Å². The molecule has 0 radical (unpaired) electrons. The number of halogens is 3. The van der Waals surface area contributed by atoms with Crippen LogP contribution in [0.25, 0.3) is 11.3 Å². The molecule has 6 nitrogen and oxygen atoms in total. The average Bonchev–Trinajstić information content (AvgIpc) is 3.82. The van der Waals surface area contributed by atoms with Crippen molar-refractivity contribution in [1.82, 2.24) is 10.1 Å². The molecular formula is C28H21Cl3N2O4. The van der Waals surface area contributed by atoms with Crippen LogP contribution >= 0.6 is 34.8 Å². The van der Waals surface area contributed by atoms with Crippen LogP contribution in [-0.4, -0.2) is 16.6 Å². The zero-order valence-electron chi connectivity index (χ0n) is 19.5.